The summed E-state index contributed by atoms with van der Waals surface area (Å²) in [6.07, 6.45) is 0. The first-order chi connectivity index (χ1) is 33.7. The van der Waals surface area contributed by atoms with Crippen molar-refractivity contribution in [3.63, 3.8) is 0 Å². The van der Waals surface area contributed by atoms with Gasteiger partial charge in [-0.05, 0) is 161 Å². The highest BCUT2D eigenvalue weighted by atomic mass is 32.1. The molecule has 322 valence electrons. The summed E-state index contributed by atoms with van der Waals surface area (Å²) in [5.74, 6) is 0. The van der Waals surface area contributed by atoms with E-state index < -0.39 is 0 Å². The lowest BCUT2D eigenvalue weighted by Crippen LogP contribution is -2.10. The molecule has 0 aliphatic rings. The van der Waals surface area contributed by atoms with E-state index in [0.29, 0.717) is 0 Å². The largest absolute Gasteiger partial charge is 0.311 e. The highest BCUT2D eigenvalue weighted by Gasteiger charge is 2.17. The lowest BCUT2D eigenvalue weighted by atomic mass is 9.99. The second kappa shape index (κ2) is 18.1. The molecule has 0 saturated heterocycles. The van der Waals surface area contributed by atoms with E-state index in [0.717, 1.165) is 77.4 Å². The second-order valence-electron chi connectivity index (χ2n) is 16.7. The monoisotopic (exact) mass is 906 g/mol. The van der Waals surface area contributed by atoms with Crippen LogP contribution in [0.3, 0.4) is 0 Å². The minimum absolute atomic E-state index is 1.02. The molecule has 0 saturated carbocycles. The Kier molecular flexibility index (Phi) is 10.9. The molecule has 2 aromatic heterocycles. The van der Waals surface area contributed by atoms with E-state index in [1.807, 2.05) is 12.1 Å². The molecule has 0 N–H and O–H groups in total. The first kappa shape index (κ1) is 41.0. The van der Waals surface area contributed by atoms with Crippen molar-refractivity contribution in [3.05, 3.63) is 255 Å². The standard InChI is InChI=1S/C62H42N4S2/c1-3-12-43(13-4-1)49-14-11-15-50(42-49)46-26-36-54(37-27-46)66(56-40-30-48(31-41-56)62-64-58-19-8-10-21-60(58)68-62)53-34-24-45(25-35-53)44-22-32-52(33-23-44)65(51-16-5-2-6-17-51)55-38-28-47(29-39-55)61-63-57-18-7-9-20-59(57)67-61/h1-42H. The van der Waals surface area contributed by atoms with Crippen LogP contribution < -0.4 is 9.80 Å². The molecule has 0 amide bonds. The first-order valence-corrected chi connectivity index (χ1v) is 24.3. The molecular formula is C62H42N4S2. The van der Waals surface area contributed by atoms with Crippen molar-refractivity contribution in [2.24, 2.45) is 0 Å². The van der Waals surface area contributed by atoms with Gasteiger partial charge in [0.15, 0.2) is 0 Å². The van der Waals surface area contributed by atoms with Crippen LogP contribution in [0.4, 0.5) is 34.1 Å². The summed E-state index contributed by atoms with van der Waals surface area (Å²) in [5, 5.41) is 2.05. The Bertz CT molecular complexity index is 3570. The topological polar surface area (TPSA) is 32.3 Å². The van der Waals surface area contributed by atoms with E-state index >= 15 is 0 Å². The van der Waals surface area contributed by atoms with Crippen molar-refractivity contribution in [2.75, 3.05) is 9.80 Å². The molecule has 0 fully saturated rings. The van der Waals surface area contributed by atoms with Gasteiger partial charge in [0, 0.05) is 45.3 Å². The lowest BCUT2D eigenvalue weighted by Gasteiger charge is -2.26. The van der Waals surface area contributed by atoms with Crippen molar-refractivity contribution < 1.29 is 0 Å². The van der Waals surface area contributed by atoms with Gasteiger partial charge < -0.3 is 9.80 Å². The third-order valence-corrected chi connectivity index (χ3v) is 14.5. The molecule has 12 rings (SSSR count). The van der Waals surface area contributed by atoms with E-state index in [9.17, 15) is 0 Å². The number of hydrogen-bond acceptors (Lipinski definition) is 6. The molecular weight excluding hydrogens is 865 g/mol. The molecule has 0 spiro atoms. The fourth-order valence-electron chi connectivity index (χ4n) is 8.89. The molecule has 68 heavy (non-hydrogen) atoms. The zero-order valence-electron chi connectivity index (χ0n) is 36.9. The minimum Gasteiger partial charge on any atom is -0.311 e. The fraction of sp³-hybridized carbons (Fsp3) is 0. The van der Waals surface area contributed by atoms with Gasteiger partial charge in [0.25, 0.3) is 0 Å². The summed E-state index contributed by atoms with van der Waals surface area (Å²) in [5.41, 5.74) is 17.8. The fourth-order valence-corrected chi connectivity index (χ4v) is 10.8. The summed E-state index contributed by atoms with van der Waals surface area (Å²) >= 11 is 3.45. The predicted molar refractivity (Wildman–Crippen MR) is 289 cm³/mol. The number of nitrogens with zero attached hydrogens (tertiary/aromatic N) is 4. The Labute approximate surface area is 404 Å². The summed E-state index contributed by atoms with van der Waals surface area (Å²) in [6.45, 7) is 0. The normalized spacial score (nSPS) is 11.2. The number of anilines is 6. The van der Waals surface area contributed by atoms with Gasteiger partial charge >= 0.3 is 0 Å². The van der Waals surface area contributed by atoms with Gasteiger partial charge in [-0.15, -0.1) is 22.7 Å². The maximum Gasteiger partial charge on any atom is 0.124 e. The van der Waals surface area contributed by atoms with E-state index in [4.69, 9.17) is 9.97 Å². The maximum absolute atomic E-state index is 4.94. The van der Waals surface area contributed by atoms with E-state index in [1.54, 1.807) is 22.7 Å². The molecule has 0 aliphatic heterocycles. The molecule has 0 atom stereocenters. The van der Waals surface area contributed by atoms with E-state index in [1.165, 1.54) is 31.7 Å². The first-order valence-electron chi connectivity index (χ1n) is 22.7. The highest BCUT2D eigenvalue weighted by molar-refractivity contribution is 7.22. The quantitative estimate of drug-likeness (QED) is 0.129. The van der Waals surface area contributed by atoms with E-state index in [2.05, 4.69) is 252 Å². The zero-order chi connectivity index (χ0) is 45.2. The number of benzene rings is 10. The molecule has 0 aliphatic carbocycles. The molecule has 4 nitrogen and oxygen atoms in total. The van der Waals surface area contributed by atoms with Crippen LogP contribution in [0.15, 0.2) is 255 Å². The van der Waals surface area contributed by atoms with Crippen molar-refractivity contribution in [2.45, 2.75) is 0 Å². The second-order valence-corrected chi connectivity index (χ2v) is 18.7. The van der Waals surface area contributed by atoms with Crippen LogP contribution in [0.5, 0.6) is 0 Å². The number of hydrogen-bond donors (Lipinski definition) is 0. The van der Waals surface area contributed by atoms with Crippen LogP contribution in [0.25, 0.3) is 75.0 Å². The third kappa shape index (κ3) is 8.24. The number of rotatable bonds is 11. The van der Waals surface area contributed by atoms with Gasteiger partial charge in [-0.1, -0.05) is 127 Å². The van der Waals surface area contributed by atoms with Crippen molar-refractivity contribution in [3.8, 4) is 54.5 Å². The van der Waals surface area contributed by atoms with Gasteiger partial charge in [0.1, 0.15) is 10.0 Å². The number of para-hydroxylation sites is 3. The van der Waals surface area contributed by atoms with Gasteiger partial charge in [-0.2, -0.15) is 0 Å². The number of aromatic nitrogens is 2. The van der Waals surface area contributed by atoms with E-state index in [-0.39, 0.29) is 0 Å². The Morgan fingerprint density at radius 3 is 0.926 bits per heavy atom. The maximum atomic E-state index is 4.94. The molecule has 12 aromatic rings. The van der Waals surface area contributed by atoms with Gasteiger partial charge in [0.2, 0.25) is 0 Å². The Morgan fingerprint density at radius 1 is 0.235 bits per heavy atom. The molecule has 2 heterocycles. The summed E-state index contributed by atoms with van der Waals surface area (Å²) in [6, 6.07) is 90.8. The average molecular weight is 907 g/mol. The van der Waals surface area contributed by atoms with Crippen molar-refractivity contribution in [1.29, 1.82) is 0 Å². The van der Waals surface area contributed by atoms with Crippen LogP contribution >= 0.6 is 22.7 Å². The minimum atomic E-state index is 1.02. The van der Waals surface area contributed by atoms with Crippen LogP contribution in [0, 0.1) is 0 Å². The lowest BCUT2D eigenvalue weighted by molar-refractivity contribution is 1.28. The van der Waals surface area contributed by atoms with Crippen LogP contribution in [0.1, 0.15) is 0 Å². The van der Waals surface area contributed by atoms with Crippen LogP contribution in [-0.4, -0.2) is 9.97 Å². The Hall–Kier alpha value is -8.42. The molecule has 0 unspecified atom stereocenters. The average Bonchev–Trinajstić information content (AvgIpc) is 4.06. The van der Waals surface area contributed by atoms with Crippen LogP contribution in [0.2, 0.25) is 0 Å². The Morgan fingerprint density at radius 2 is 0.529 bits per heavy atom. The molecule has 10 aromatic carbocycles. The number of thiazole rings is 2. The number of fused-ring (bicyclic) bond motifs is 2. The molecule has 0 radical (unpaired) electrons. The molecule has 6 heteroatoms. The highest BCUT2D eigenvalue weighted by Crippen LogP contribution is 2.41. The molecule has 0 bridgehead atoms. The third-order valence-electron chi connectivity index (χ3n) is 12.4. The van der Waals surface area contributed by atoms with Crippen LogP contribution in [-0.2, 0) is 0 Å². The zero-order valence-corrected chi connectivity index (χ0v) is 38.5. The SMILES string of the molecule is c1ccc(-c2cccc(-c3ccc(N(c4ccc(-c5ccc(N(c6ccccc6)c6ccc(-c7nc8ccccc8s7)cc6)cc5)cc4)c4ccc(-c5nc6ccccc6s5)cc4)cc3)c2)cc1. The van der Waals surface area contributed by atoms with Crippen molar-refractivity contribution in [1.82, 2.24) is 9.97 Å². The smallest absolute Gasteiger partial charge is 0.124 e. The predicted octanol–water partition coefficient (Wildman–Crippen LogP) is 18.2. The Balaban J connectivity index is 0.846. The van der Waals surface area contributed by atoms with Crippen molar-refractivity contribution >= 4 is 77.2 Å². The summed E-state index contributed by atoms with van der Waals surface area (Å²) < 4.78 is 2.39. The van der Waals surface area contributed by atoms with Gasteiger partial charge in [0.05, 0.1) is 20.4 Å². The summed E-state index contributed by atoms with van der Waals surface area (Å²) in [4.78, 5) is 14.5. The van der Waals surface area contributed by atoms with Gasteiger partial charge in [-0.25, -0.2) is 9.97 Å². The van der Waals surface area contributed by atoms with Gasteiger partial charge in [-0.3, -0.25) is 0 Å². The summed E-state index contributed by atoms with van der Waals surface area (Å²) in [7, 11) is 0.